The van der Waals surface area contributed by atoms with Crippen LogP contribution in [0.5, 0.6) is 11.5 Å². The molecule has 21 heavy (non-hydrogen) atoms. The fourth-order valence-corrected chi connectivity index (χ4v) is 3.02. The van der Waals surface area contributed by atoms with Crippen LogP contribution >= 0.6 is 39.1 Å². The molecule has 0 bridgehead atoms. The summed E-state index contributed by atoms with van der Waals surface area (Å²) in [6.45, 7) is 0. The fourth-order valence-electron chi connectivity index (χ4n) is 2.04. The highest BCUT2D eigenvalue weighted by Crippen LogP contribution is 2.35. The molecule has 1 unspecified atom stereocenters. The molecular weight excluding hydrogens is 375 g/mol. The monoisotopic (exact) mass is 388 g/mol. The molecule has 0 saturated heterocycles. The first kappa shape index (κ1) is 16.5. The van der Waals surface area contributed by atoms with Gasteiger partial charge in [-0.25, -0.2) is 0 Å². The van der Waals surface area contributed by atoms with Crippen molar-refractivity contribution in [2.24, 2.45) is 0 Å². The van der Waals surface area contributed by atoms with Gasteiger partial charge < -0.3 is 9.47 Å². The van der Waals surface area contributed by atoms with Gasteiger partial charge >= 0.3 is 0 Å². The molecule has 2 aromatic carbocycles. The fraction of sp³-hybridized carbons (Fsp3) is 0.250. The van der Waals surface area contributed by atoms with Crippen LogP contribution in [0, 0.1) is 0 Å². The number of hydrogen-bond acceptors (Lipinski definition) is 2. The lowest BCUT2D eigenvalue weighted by Crippen LogP contribution is -1.98. The van der Waals surface area contributed by atoms with Gasteiger partial charge in [-0.2, -0.15) is 0 Å². The molecule has 112 valence electrons. The second-order valence-corrected chi connectivity index (χ2v) is 6.45. The summed E-state index contributed by atoms with van der Waals surface area (Å²) < 4.78 is 10.6. The van der Waals surface area contributed by atoms with E-state index >= 15 is 0 Å². The lowest BCUT2D eigenvalue weighted by molar-refractivity contribution is 0.354. The zero-order valence-corrected chi connectivity index (χ0v) is 14.8. The van der Waals surface area contributed by atoms with Gasteiger partial charge in [0.1, 0.15) is 0 Å². The maximum Gasteiger partial charge on any atom is 0.161 e. The van der Waals surface area contributed by atoms with Gasteiger partial charge in [0.25, 0.3) is 0 Å². The van der Waals surface area contributed by atoms with E-state index in [4.69, 9.17) is 32.7 Å². The van der Waals surface area contributed by atoms with E-state index in [9.17, 15) is 0 Å². The van der Waals surface area contributed by atoms with E-state index in [1.165, 1.54) is 0 Å². The molecule has 2 nitrogen and oxygen atoms in total. The normalized spacial score (nSPS) is 12.0. The Labute approximate surface area is 143 Å². The number of ether oxygens (including phenoxy) is 2. The van der Waals surface area contributed by atoms with Crippen LogP contribution in [-0.4, -0.2) is 14.2 Å². The molecule has 0 aromatic heterocycles. The number of methoxy groups -OCH3 is 2. The van der Waals surface area contributed by atoms with E-state index in [0.717, 1.165) is 23.3 Å². The molecule has 0 aliphatic carbocycles. The summed E-state index contributed by atoms with van der Waals surface area (Å²) in [6, 6.07) is 11.6. The molecule has 5 heteroatoms. The Morgan fingerprint density at radius 3 is 2.29 bits per heavy atom. The summed E-state index contributed by atoms with van der Waals surface area (Å²) >= 11 is 15.7. The van der Waals surface area contributed by atoms with Gasteiger partial charge in [0.2, 0.25) is 0 Å². The molecule has 0 aliphatic heterocycles. The molecule has 0 aliphatic rings. The molecule has 0 N–H and O–H groups in total. The zero-order chi connectivity index (χ0) is 15.4. The van der Waals surface area contributed by atoms with Crippen molar-refractivity contribution in [3.63, 3.8) is 0 Å². The topological polar surface area (TPSA) is 18.5 Å². The van der Waals surface area contributed by atoms with Crippen LogP contribution in [-0.2, 0) is 6.42 Å². The second-order valence-electron chi connectivity index (χ2n) is 4.53. The van der Waals surface area contributed by atoms with Gasteiger partial charge in [-0.3, -0.25) is 0 Å². The van der Waals surface area contributed by atoms with Crippen molar-refractivity contribution >= 4 is 39.1 Å². The van der Waals surface area contributed by atoms with Gasteiger partial charge in [0.15, 0.2) is 11.5 Å². The third-order valence-corrected chi connectivity index (χ3v) is 4.76. The van der Waals surface area contributed by atoms with E-state index in [1.807, 2.05) is 36.4 Å². The van der Waals surface area contributed by atoms with Crippen molar-refractivity contribution in [2.45, 2.75) is 11.2 Å². The Bertz CT molecular complexity index is 632. The van der Waals surface area contributed by atoms with Crippen molar-refractivity contribution < 1.29 is 9.47 Å². The van der Waals surface area contributed by atoms with Crippen molar-refractivity contribution in [3.8, 4) is 11.5 Å². The van der Waals surface area contributed by atoms with Crippen molar-refractivity contribution in [3.05, 3.63) is 57.6 Å². The molecule has 2 aromatic rings. The molecule has 0 spiro atoms. The van der Waals surface area contributed by atoms with Crippen LogP contribution in [0.3, 0.4) is 0 Å². The number of hydrogen-bond donors (Lipinski definition) is 0. The van der Waals surface area contributed by atoms with Crippen LogP contribution < -0.4 is 9.47 Å². The molecular formula is C16H15BrCl2O2. The minimum atomic E-state index is 0.148. The maximum atomic E-state index is 6.05. The molecule has 0 amide bonds. The molecule has 0 fully saturated rings. The van der Waals surface area contributed by atoms with Crippen LogP contribution in [0.2, 0.25) is 10.0 Å². The summed E-state index contributed by atoms with van der Waals surface area (Å²) in [6.07, 6.45) is 0.798. The Morgan fingerprint density at radius 1 is 0.952 bits per heavy atom. The molecule has 0 saturated carbocycles. The zero-order valence-electron chi connectivity index (χ0n) is 11.7. The van der Waals surface area contributed by atoms with E-state index in [2.05, 4.69) is 15.9 Å². The Kier molecular flexibility index (Phi) is 5.80. The van der Waals surface area contributed by atoms with E-state index < -0.39 is 0 Å². The third kappa shape index (κ3) is 4.06. The van der Waals surface area contributed by atoms with Gasteiger partial charge in [-0.05, 0) is 41.8 Å². The average Bonchev–Trinajstić information content (AvgIpc) is 2.50. The molecule has 2 rings (SSSR count). The number of halogens is 3. The lowest BCUT2D eigenvalue weighted by atomic mass is 10.0. The Hall–Kier alpha value is -0.900. The van der Waals surface area contributed by atoms with Crippen molar-refractivity contribution in [1.29, 1.82) is 0 Å². The van der Waals surface area contributed by atoms with Gasteiger partial charge in [-0.1, -0.05) is 51.3 Å². The van der Waals surface area contributed by atoms with E-state index in [1.54, 1.807) is 14.2 Å². The highest BCUT2D eigenvalue weighted by atomic mass is 79.9. The van der Waals surface area contributed by atoms with Crippen molar-refractivity contribution in [1.82, 2.24) is 0 Å². The van der Waals surface area contributed by atoms with Gasteiger partial charge in [0.05, 0.1) is 24.3 Å². The van der Waals surface area contributed by atoms with Gasteiger partial charge in [0, 0.05) is 4.83 Å². The van der Waals surface area contributed by atoms with Crippen LogP contribution in [0.25, 0.3) is 0 Å². The standard InChI is InChI=1S/C16H15BrCl2O2/c1-20-15-6-4-11(9-16(15)21-2)12(17)7-10-3-5-13(18)14(19)8-10/h3-6,8-9,12H,7H2,1-2H3. The highest BCUT2D eigenvalue weighted by Gasteiger charge is 2.13. The van der Waals surface area contributed by atoms with Gasteiger partial charge in [-0.15, -0.1) is 0 Å². The SMILES string of the molecule is COc1ccc(C(Br)Cc2ccc(Cl)c(Cl)c2)cc1OC. The minimum Gasteiger partial charge on any atom is -0.493 e. The first-order chi connectivity index (χ1) is 10.0. The summed E-state index contributed by atoms with van der Waals surface area (Å²) in [7, 11) is 3.25. The van der Waals surface area contributed by atoms with Crippen LogP contribution in [0.4, 0.5) is 0 Å². The molecule has 0 radical (unpaired) electrons. The predicted molar refractivity (Wildman–Crippen MR) is 91.4 cm³/mol. The largest absolute Gasteiger partial charge is 0.493 e. The lowest BCUT2D eigenvalue weighted by Gasteiger charge is -2.14. The summed E-state index contributed by atoms with van der Waals surface area (Å²) in [5, 5.41) is 1.14. The van der Waals surface area contributed by atoms with Crippen LogP contribution in [0.15, 0.2) is 36.4 Å². The average molecular weight is 390 g/mol. The van der Waals surface area contributed by atoms with E-state index in [0.29, 0.717) is 15.8 Å². The quantitative estimate of drug-likeness (QED) is 0.611. The molecule has 0 heterocycles. The van der Waals surface area contributed by atoms with Crippen LogP contribution in [0.1, 0.15) is 16.0 Å². The number of benzene rings is 2. The Morgan fingerprint density at radius 2 is 1.67 bits per heavy atom. The summed E-state index contributed by atoms with van der Waals surface area (Å²) in [4.78, 5) is 0.148. The minimum absolute atomic E-state index is 0.148. The third-order valence-electron chi connectivity index (χ3n) is 3.17. The predicted octanol–water partition coefficient (Wildman–Crippen LogP) is 5.69. The first-order valence-electron chi connectivity index (χ1n) is 6.35. The van der Waals surface area contributed by atoms with E-state index in [-0.39, 0.29) is 4.83 Å². The Balaban J connectivity index is 2.19. The maximum absolute atomic E-state index is 6.05. The smallest absolute Gasteiger partial charge is 0.161 e. The molecule has 1 atom stereocenters. The highest BCUT2D eigenvalue weighted by molar-refractivity contribution is 9.09. The van der Waals surface area contributed by atoms with Crippen molar-refractivity contribution in [2.75, 3.05) is 14.2 Å². The summed E-state index contributed by atoms with van der Waals surface area (Å²) in [5.74, 6) is 1.43. The number of rotatable bonds is 5. The summed E-state index contributed by atoms with van der Waals surface area (Å²) in [5.41, 5.74) is 2.22. The number of alkyl halides is 1. The second kappa shape index (κ2) is 7.39. The first-order valence-corrected chi connectivity index (χ1v) is 8.02.